The molecule has 3 atom stereocenters. The molecule has 1 aliphatic heterocycles. The third-order valence-electron chi connectivity index (χ3n) is 7.56. The average molecular weight is 405 g/mol. The molecule has 2 fully saturated rings. The summed E-state index contributed by atoms with van der Waals surface area (Å²) in [6, 6.07) is 15.9. The van der Waals surface area contributed by atoms with Crippen molar-refractivity contribution in [2.75, 3.05) is 6.61 Å². The zero-order valence-corrected chi connectivity index (χ0v) is 18.0. The van der Waals surface area contributed by atoms with Crippen LogP contribution in [0, 0.1) is 5.41 Å². The quantitative estimate of drug-likeness (QED) is 0.615. The number of carbonyl (C=O) groups excluding carboxylic acids is 1. The summed E-state index contributed by atoms with van der Waals surface area (Å²) in [5.74, 6) is 0.568. The van der Waals surface area contributed by atoms with Gasteiger partial charge in [0.25, 0.3) is 0 Å². The summed E-state index contributed by atoms with van der Waals surface area (Å²) in [5.41, 5.74) is 7.16. The summed E-state index contributed by atoms with van der Waals surface area (Å²) in [7, 11) is 0. The largest absolute Gasteiger partial charge is 0.465 e. The van der Waals surface area contributed by atoms with Gasteiger partial charge in [0.2, 0.25) is 0 Å². The molecule has 0 bridgehead atoms. The maximum absolute atomic E-state index is 11.6. The Hall–Kier alpha value is -2.13. The van der Waals surface area contributed by atoms with Crippen molar-refractivity contribution >= 4 is 5.97 Å². The SMILES string of the molecule is CCc1ccc(CO[C@@H]2CCc3cc([C@H]4CC[C@]5(COC(=O)C5)C4)ccc3C2)cc1. The maximum Gasteiger partial charge on any atom is 0.306 e. The van der Waals surface area contributed by atoms with Crippen molar-refractivity contribution < 1.29 is 14.3 Å². The van der Waals surface area contributed by atoms with Crippen LogP contribution in [0.2, 0.25) is 0 Å². The number of fused-ring (bicyclic) bond motifs is 1. The predicted molar refractivity (Wildman–Crippen MR) is 117 cm³/mol. The number of hydrogen-bond acceptors (Lipinski definition) is 3. The third-order valence-corrected chi connectivity index (χ3v) is 7.56. The van der Waals surface area contributed by atoms with Crippen molar-refractivity contribution in [2.45, 2.75) is 76.9 Å². The zero-order chi connectivity index (χ0) is 20.6. The number of carbonyl (C=O) groups is 1. The molecule has 5 rings (SSSR count). The van der Waals surface area contributed by atoms with Crippen LogP contribution in [0.25, 0.3) is 0 Å². The van der Waals surface area contributed by atoms with Gasteiger partial charge in [-0.25, -0.2) is 0 Å². The molecule has 0 amide bonds. The van der Waals surface area contributed by atoms with E-state index in [0.29, 0.717) is 31.7 Å². The Balaban J connectivity index is 1.19. The molecule has 3 nitrogen and oxygen atoms in total. The first-order chi connectivity index (χ1) is 14.6. The lowest BCUT2D eigenvalue weighted by atomic mass is 9.82. The van der Waals surface area contributed by atoms with E-state index in [-0.39, 0.29) is 11.4 Å². The van der Waals surface area contributed by atoms with Crippen LogP contribution in [0.1, 0.15) is 72.8 Å². The van der Waals surface area contributed by atoms with Gasteiger partial charge in [0.15, 0.2) is 0 Å². The minimum Gasteiger partial charge on any atom is -0.465 e. The lowest BCUT2D eigenvalue weighted by Crippen LogP contribution is -2.22. The molecule has 0 N–H and O–H groups in total. The van der Waals surface area contributed by atoms with Crippen molar-refractivity contribution in [3.05, 3.63) is 70.3 Å². The van der Waals surface area contributed by atoms with Crippen molar-refractivity contribution in [2.24, 2.45) is 5.41 Å². The predicted octanol–water partition coefficient (Wildman–Crippen LogP) is 5.52. The molecule has 1 saturated carbocycles. The number of esters is 1. The molecule has 30 heavy (non-hydrogen) atoms. The molecule has 1 heterocycles. The van der Waals surface area contributed by atoms with E-state index in [1.165, 1.54) is 34.2 Å². The fraction of sp³-hybridized carbons (Fsp3) is 0.519. The molecule has 3 aliphatic rings. The Morgan fingerprint density at radius 1 is 1.07 bits per heavy atom. The number of aryl methyl sites for hydroxylation is 2. The highest BCUT2D eigenvalue weighted by molar-refractivity contribution is 5.72. The smallest absolute Gasteiger partial charge is 0.306 e. The Morgan fingerprint density at radius 3 is 2.67 bits per heavy atom. The van der Waals surface area contributed by atoms with E-state index >= 15 is 0 Å². The fourth-order valence-electron chi connectivity index (χ4n) is 5.65. The van der Waals surface area contributed by atoms with Crippen LogP contribution in [0.5, 0.6) is 0 Å². The van der Waals surface area contributed by atoms with E-state index in [0.717, 1.165) is 38.5 Å². The molecule has 3 heteroatoms. The molecule has 2 aromatic rings. The first kappa shape index (κ1) is 19.8. The van der Waals surface area contributed by atoms with E-state index in [1.54, 1.807) is 0 Å². The van der Waals surface area contributed by atoms with Crippen LogP contribution in [0.4, 0.5) is 0 Å². The van der Waals surface area contributed by atoms with Crippen LogP contribution >= 0.6 is 0 Å². The second-order valence-electron chi connectivity index (χ2n) is 9.65. The van der Waals surface area contributed by atoms with E-state index in [1.807, 2.05) is 0 Å². The minimum atomic E-state index is -0.00607. The van der Waals surface area contributed by atoms with Crippen LogP contribution < -0.4 is 0 Å². The number of hydrogen-bond donors (Lipinski definition) is 0. The van der Waals surface area contributed by atoms with Crippen molar-refractivity contribution in [3.63, 3.8) is 0 Å². The van der Waals surface area contributed by atoms with Crippen molar-refractivity contribution in [1.82, 2.24) is 0 Å². The fourth-order valence-corrected chi connectivity index (χ4v) is 5.65. The highest BCUT2D eigenvalue weighted by atomic mass is 16.5. The monoisotopic (exact) mass is 404 g/mol. The summed E-state index contributed by atoms with van der Waals surface area (Å²) in [6.45, 7) is 3.52. The number of benzene rings is 2. The molecule has 0 radical (unpaired) electrons. The molecule has 0 unspecified atom stereocenters. The van der Waals surface area contributed by atoms with Gasteiger partial charge in [-0.1, -0.05) is 49.4 Å². The van der Waals surface area contributed by atoms with Crippen molar-refractivity contribution in [3.8, 4) is 0 Å². The van der Waals surface area contributed by atoms with E-state index in [9.17, 15) is 4.79 Å². The van der Waals surface area contributed by atoms with E-state index in [4.69, 9.17) is 9.47 Å². The summed E-state index contributed by atoms with van der Waals surface area (Å²) in [5, 5.41) is 0. The van der Waals surface area contributed by atoms with Crippen LogP contribution in [-0.4, -0.2) is 18.7 Å². The highest BCUT2D eigenvalue weighted by Crippen LogP contribution is 2.51. The Kier molecular flexibility index (Phi) is 5.41. The number of cyclic esters (lactones) is 1. The molecular formula is C27H32O3. The molecule has 2 aromatic carbocycles. The van der Waals surface area contributed by atoms with Gasteiger partial charge in [-0.3, -0.25) is 4.79 Å². The molecule has 0 aromatic heterocycles. The van der Waals surface area contributed by atoms with Gasteiger partial charge in [0.05, 0.1) is 25.7 Å². The van der Waals surface area contributed by atoms with Crippen LogP contribution in [0.15, 0.2) is 42.5 Å². The van der Waals surface area contributed by atoms with E-state index < -0.39 is 0 Å². The number of ether oxygens (including phenoxy) is 2. The molecule has 158 valence electrons. The summed E-state index contributed by atoms with van der Waals surface area (Å²) in [4.78, 5) is 11.6. The normalized spacial score (nSPS) is 28.0. The summed E-state index contributed by atoms with van der Waals surface area (Å²) < 4.78 is 11.5. The third kappa shape index (κ3) is 4.05. The molecule has 1 saturated heterocycles. The second kappa shape index (κ2) is 8.19. The van der Waals surface area contributed by atoms with Gasteiger partial charge in [-0.2, -0.15) is 0 Å². The zero-order valence-electron chi connectivity index (χ0n) is 18.0. The second-order valence-corrected chi connectivity index (χ2v) is 9.65. The van der Waals surface area contributed by atoms with Gasteiger partial charge in [0, 0.05) is 5.41 Å². The minimum absolute atomic E-state index is 0.00607. The van der Waals surface area contributed by atoms with E-state index in [2.05, 4.69) is 49.4 Å². The lowest BCUT2D eigenvalue weighted by molar-refractivity contribution is -0.137. The Morgan fingerprint density at radius 2 is 1.90 bits per heavy atom. The first-order valence-electron chi connectivity index (χ1n) is 11.6. The van der Waals surface area contributed by atoms with Gasteiger partial charge in [0.1, 0.15) is 0 Å². The van der Waals surface area contributed by atoms with Gasteiger partial charge in [-0.05, 0) is 78.7 Å². The van der Waals surface area contributed by atoms with Gasteiger partial charge in [-0.15, -0.1) is 0 Å². The summed E-state index contributed by atoms with van der Waals surface area (Å²) >= 11 is 0. The Bertz CT molecular complexity index is 916. The Labute approximate surface area is 179 Å². The van der Waals surface area contributed by atoms with Crippen LogP contribution in [-0.2, 0) is 40.1 Å². The van der Waals surface area contributed by atoms with Gasteiger partial charge >= 0.3 is 5.97 Å². The van der Waals surface area contributed by atoms with Crippen LogP contribution in [0.3, 0.4) is 0 Å². The molecular weight excluding hydrogens is 372 g/mol. The standard InChI is InChI=1S/C27H32O3/c1-2-19-3-5-20(6-4-19)17-29-25-10-9-21-13-22(7-8-23(21)14-25)24-11-12-27(15-24)16-26(28)30-18-27/h3-8,13,24-25H,2,9-12,14-18H2,1H3/t24-,25+,27-/m0/s1. The summed E-state index contributed by atoms with van der Waals surface area (Å²) in [6.07, 6.45) is 8.62. The number of rotatable bonds is 5. The molecule has 2 aliphatic carbocycles. The molecule has 1 spiro atoms. The lowest BCUT2D eigenvalue weighted by Gasteiger charge is -2.26. The highest BCUT2D eigenvalue weighted by Gasteiger charge is 2.46. The topological polar surface area (TPSA) is 35.5 Å². The van der Waals surface area contributed by atoms with Gasteiger partial charge < -0.3 is 9.47 Å². The first-order valence-corrected chi connectivity index (χ1v) is 11.6. The average Bonchev–Trinajstić information content (AvgIpc) is 3.37. The maximum atomic E-state index is 11.6. The van der Waals surface area contributed by atoms with Crippen molar-refractivity contribution in [1.29, 1.82) is 0 Å².